The maximum absolute atomic E-state index is 7.75. The Labute approximate surface area is 104 Å². The van der Waals surface area contributed by atoms with Gasteiger partial charge in [-0.2, -0.15) is 20.8 Å². The normalized spacial score (nSPS) is 6.13. The predicted octanol–water partition coefficient (Wildman–Crippen LogP) is 1.55. The zero-order chi connectivity index (χ0) is 11.8. The summed E-state index contributed by atoms with van der Waals surface area (Å²) in [6.45, 7) is 12.8. The van der Waals surface area contributed by atoms with Crippen LogP contribution in [-0.2, 0) is 29.1 Å². The van der Waals surface area contributed by atoms with Crippen LogP contribution in [-0.4, -0.2) is 23.5 Å². The van der Waals surface area contributed by atoms with Gasteiger partial charge in [0.25, 0.3) is 0 Å². The molecular formula is C10H15N2O2Ru. The number of aromatic nitrogens is 2. The summed E-state index contributed by atoms with van der Waals surface area (Å²) in [6, 6.07) is 0. The molecule has 0 saturated carbocycles. The smallest absolute Gasteiger partial charge is 0.545 e. The Hall–Kier alpha value is -0.957. The van der Waals surface area contributed by atoms with Crippen LogP contribution in [0.3, 0.4) is 0 Å². The second kappa shape index (κ2) is 29.2. The van der Waals surface area contributed by atoms with Crippen LogP contribution >= 0.6 is 0 Å². The molecule has 1 radical (unpaired) electrons. The van der Waals surface area contributed by atoms with Gasteiger partial charge >= 0.3 is 19.5 Å². The molecule has 0 amide bonds. The minimum Gasteiger partial charge on any atom is -0.545 e. The van der Waals surface area contributed by atoms with E-state index in [-0.39, 0.29) is 19.5 Å². The Balaban J connectivity index is -0.0000000601. The molecule has 1 aromatic heterocycles. The minimum absolute atomic E-state index is 0. The molecule has 85 valence electrons. The van der Waals surface area contributed by atoms with Gasteiger partial charge in [0, 0.05) is 24.8 Å². The number of nitrogens with zero attached hydrogens (tertiary/aromatic N) is 2. The van der Waals surface area contributed by atoms with E-state index >= 15 is 0 Å². The average Bonchev–Trinajstić information content (AvgIpc) is 2.25. The molecule has 0 bridgehead atoms. The Morgan fingerprint density at radius 1 is 0.800 bits per heavy atom. The van der Waals surface area contributed by atoms with Crippen molar-refractivity contribution in [3.63, 3.8) is 0 Å². The van der Waals surface area contributed by atoms with Gasteiger partial charge in [-0.25, -0.2) is 0 Å². The molecule has 5 heteroatoms. The van der Waals surface area contributed by atoms with Crippen LogP contribution in [0.4, 0.5) is 0 Å². The van der Waals surface area contributed by atoms with Gasteiger partial charge in [0.2, 0.25) is 0 Å². The first-order valence-corrected chi connectivity index (χ1v) is 3.67. The maximum Gasteiger partial charge on any atom is 3.00 e. The molecule has 0 saturated heterocycles. The number of carbonyl (C=O) groups excluding carboxylic acids is 2. The third kappa shape index (κ3) is 62.5. The van der Waals surface area contributed by atoms with Gasteiger partial charge in [-0.15, -0.1) is 0 Å². The van der Waals surface area contributed by atoms with Gasteiger partial charge in [0.15, 0.2) is 0 Å². The molecule has 15 heavy (non-hydrogen) atoms. The summed E-state index contributed by atoms with van der Waals surface area (Å²) >= 11 is 0. The van der Waals surface area contributed by atoms with E-state index in [0.29, 0.717) is 0 Å². The van der Waals surface area contributed by atoms with E-state index < -0.39 is 0 Å². The van der Waals surface area contributed by atoms with Crippen molar-refractivity contribution in [2.75, 3.05) is 0 Å². The zero-order valence-corrected chi connectivity index (χ0v) is 10.8. The first kappa shape index (κ1) is 23.7. The van der Waals surface area contributed by atoms with Crippen LogP contribution in [0.25, 0.3) is 0 Å². The fourth-order valence-corrected chi connectivity index (χ4v) is 0.253. The fourth-order valence-electron chi connectivity index (χ4n) is 0.253. The molecule has 0 aliphatic rings. The first-order chi connectivity index (χ1) is 6.73. The Morgan fingerprint density at radius 2 is 0.933 bits per heavy atom. The van der Waals surface area contributed by atoms with Crippen molar-refractivity contribution in [3.8, 4) is 0 Å². The molecular weight excluding hydrogens is 281 g/mol. The summed E-state index contributed by atoms with van der Waals surface area (Å²) in [5.74, 6) is 1.42. The standard InChI is InChI=1S/C4H4N2.C4H9.2CHO.Ru/c1-2-6-4-3-5-1;1-4(2)3;2*1-2;/h1-4H;1-3H3;2*1H;/q;3*-1;+3. The van der Waals surface area contributed by atoms with Crippen LogP contribution in [0.1, 0.15) is 20.8 Å². The van der Waals surface area contributed by atoms with Crippen molar-refractivity contribution in [3.05, 3.63) is 30.7 Å². The summed E-state index contributed by atoms with van der Waals surface area (Å²) < 4.78 is 0. The van der Waals surface area contributed by atoms with Crippen molar-refractivity contribution >= 4 is 13.6 Å². The summed E-state index contributed by atoms with van der Waals surface area (Å²) in [5.41, 5.74) is 0. The fraction of sp³-hybridized carbons (Fsp3) is 0.300. The average molecular weight is 296 g/mol. The molecule has 4 nitrogen and oxygen atoms in total. The predicted molar refractivity (Wildman–Crippen MR) is 55.8 cm³/mol. The van der Waals surface area contributed by atoms with Gasteiger partial charge in [0.05, 0.1) is 0 Å². The van der Waals surface area contributed by atoms with E-state index in [9.17, 15) is 0 Å². The second-order valence-electron chi connectivity index (χ2n) is 2.39. The minimum atomic E-state index is 0. The van der Waals surface area contributed by atoms with E-state index in [1.54, 1.807) is 24.8 Å². The van der Waals surface area contributed by atoms with Crippen molar-refractivity contribution < 1.29 is 29.1 Å². The van der Waals surface area contributed by atoms with Crippen LogP contribution in [0.15, 0.2) is 24.8 Å². The SMILES string of the molecule is C[C-](C)C.[CH-]=O.[CH-]=O.[Ru+3].c1cnccn1. The second-order valence-corrected chi connectivity index (χ2v) is 2.39. The van der Waals surface area contributed by atoms with Gasteiger partial charge in [-0.05, 0) is 0 Å². The molecule has 1 rings (SSSR count). The molecule has 0 aliphatic carbocycles. The summed E-state index contributed by atoms with van der Waals surface area (Å²) in [7, 11) is 0. The van der Waals surface area contributed by atoms with Gasteiger partial charge in [-0.3, -0.25) is 23.5 Å². The largest absolute Gasteiger partial charge is 3.00 e. The van der Waals surface area contributed by atoms with Gasteiger partial charge in [0.1, 0.15) is 0 Å². The topological polar surface area (TPSA) is 59.9 Å². The van der Waals surface area contributed by atoms with Crippen molar-refractivity contribution in [2.45, 2.75) is 20.8 Å². The number of hydrogen-bond acceptors (Lipinski definition) is 4. The Bertz CT molecular complexity index is 143. The summed E-state index contributed by atoms with van der Waals surface area (Å²) in [4.78, 5) is 22.9. The monoisotopic (exact) mass is 297 g/mol. The van der Waals surface area contributed by atoms with E-state index in [1.165, 1.54) is 5.92 Å². The number of hydrogen-bond donors (Lipinski definition) is 0. The summed E-state index contributed by atoms with van der Waals surface area (Å²) in [6.07, 6.45) is 6.56. The molecule has 0 N–H and O–H groups in total. The van der Waals surface area contributed by atoms with Crippen molar-refractivity contribution in [1.82, 2.24) is 9.97 Å². The third-order valence-electron chi connectivity index (χ3n) is 0.478. The molecule has 0 aromatic carbocycles. The van der Waals surface area contributed by atoms with Crippen LogP contribution in [0.2, 0.25) is 0 Å². The number of rotatable bonds is 0. The molecule has 0 aliphatic heterocycles. The Morgan fingerprint density at radius 3 is 1.00 bits per heavy atom. The van der Waals surface area contributed by atoms with Crippen molar-refractivity contribution in [2.24, 2.45) is 0 Å². The van der Waals surface area contributed by atoms with Gasteiger partial charge < -0.3 is 15.5 Å². The molecule has 0 spiro atoms. The van der Waals surface area contributed by atoms with Crippen LogP contribution in [0, 0.1) is 5.92 Å². The molecule has 0 fully saturated rings. The van der Waals surface area contributed by atoms with Crippen LogP contribution in [0.5, 0.6) is 0 Å². The van der Waals surface area contributed by atoms with Crippen molar-refractivity contribution in [1.29, 1.82) is 0 Å². The Kier molecular flexibility index (Phi) is 46.2. The molecule has 1 heterocycles. The first-order valence-electron chi connectivity index (χ1n) is 3.67. The molecule has 0 unspecified atom stereocenters. The summed E-state index contributed by atoms with van der Waals surface area (Å²) in [5, 5.41) is 0. The van der Waals surface area contributed by atoms with E-state index in [4.69, 9.17) is 9.59 Å². The maximum atomic E-state index is 7.75. The quantitative estimate of drug-likeness (QED) is 0.414. The van der Waals surface area contributed by atoms with Gasteiger partial charge in [-0.1, -0.05) is 0 Å². The van der Waals surface area contributed by atoms with Crippen LogP contribution < -0.4 is 0 Å². The van der Waals surface area contributed by atoms with E-state index in [2.05, 4.69) is 44.3 Å². The molecule has 0 atom stereocenters. The molecule has 1 aromatic rings. The third-order valence-corrected chi connectivity index (χ3v) is 0.478. The van der Waals surface area contributed by atoms with E-state index in [0.717, 1.165) is 0 Å². The van der Waals surface area contributed by atoms with E-state index in [1.807, 2.05) is 0 Å². The zero-order valence-electron chi connectivity index (χ0n) is 9.03.